The normalized spacial score (nSPS) is 15.3. The average molecular weight is 417 g/mol. The summed E-state index contributed by atoms with van der Waals surface area (Å²) >= 11 is 0. The molecule has 1 aliphatic rings. The van der Waals surface area contributed by atoms with Crippen molar-refractivity contribution >= 4 is 21.6 Å². The second-order valence-electron chi connectivity index (χ2n) is 7.13. The molecule has 3 rings (SSSR count). The minimum atomic E-state index is -3.52. The lowest BCUT2D eigenvalue weighted by Crippen LogP contribution is -2.45. The molecule has 7 nitrogen and oxygen atoms in total. The van der Waals surface area contributed by atoms with Crippen LogP contribution in [-0.4, -0.2) is 59.0 Å². The first-order valence-electron chi connectivity index (χ1n) is 9.80. The Balaban J connectivity index is 1.65. The maximum atomic E-state index is 12.5. The van der Waals surface area contributed by atoms with E-state index in [4.69, 9.17) is 0 Å². The maximum Gasteiger partial charge on any atom is 0.251 e. The molecule has 0 aliphatic carbocycles. The van der Waals surface area contributed by atoms with Crippen LogP contribution < -0.4 is 14.9 Å². The van der Waals surface area contributed by atoms with Crippen LogP contribution in [0.25, 0.3) is 0 Å². The third-order valence-electron chi connectivity index (χ3n) is 5.04. The lowest BCUT2D eigenvalue weighted by Gasteiger charge is -2.35. The molecule has 1 aliphatic heterocycles. The smallest absolute Gasteiger partial charge is 0.251 e. The number of nitrogens with zero attached hydrogens (tertiary/aromatic N) is 2. The predicted octanol–water partition coefficient (Wildman–Crippen LogP) is 1.67. The van der Waals surface area contributed by atoms with Gasteiger partial charge in [0.05, 0.1) is 4.90 Å². The quantitative estimate of drug-likeness (QED) is 0.718. The molecule has 1 saturated heterocycles. The number of carbonyl (C=O) groups excluding carboxylic acids is 1. The van der Waals surface area contributed by atoms with Gasteiger partial charge in [-0.15, -0.1) is 0 Å². The Hall–Kier alpha value is -2.42. The summed E-state index contributed by atoms with van der Waals surface area (Å²) in [5.41, 5.74) is 2.64. The van der Waals surface area contributed by atoms with Gasteiger partial charge in [-0.25, -0.2) is 13.1 Å². The fraction of sp³-hybridized carbons (Fsp3) is 0.381. The fourth-order valence-corrected chi connectivity index (χ4v) is 4.39. The number of sulfonamides is 1. The van der Waals surface area contributed by atoms with E-state index in [0.29, 0.717) is 18.7 Å². The minimum Gasteiger partial charge on any atom is -0.369 e. The first kappa shape index (κ1) is 21.3. The number of carbonyl (C=O) groups is 1. The van der Waals surface area contributed by atoms with Gasteiger partial charge >= 0.3 is 0 Å². The molecule has 156 valence electrons. The molecular formula is C21H28N4O3S. The van der Waals surface area contributed by atoms with Gasteiger partial charge in [0.2, 0.25) is 10.0 Å². The number of amides is 1. The number of nitrogens with one attached hydrogen (secondary N) is 2. The van der Waals surface area contributed by atoms with Crippen LogP contribution in [0.3, 0.4) is 0 Å². The fourth-order valence-electron chi connectivity index (χ4n) is 3.35. The Morgan fingerprint density at radius 2 is 1.66 bits per heavy atom. The standard InChI is InChI=1S/C21H28N4O3S/c1-3-23-29(27,28)19-10-8-17(9-11-19)21(26)22-16-18-6-4-5-7-20(18)25-14-12-24(2)13-15-25/h4-11,23H,3,12-16H2,1-2H3,(H,22,26). The van der Waals surface area contributed by atoms with Crippen molar-refractivity contribution in [1.29, 1.82) is 0 Å². The highest BCUT2D eigenvalue weighted by Crippen LogP contribution is 2.22. The molecule has 2 aromatic carbocycles. The van der Waals surface area contributed by atoms with Gasteiger partial charge in [0.25, 0.3) is 5.91 Å². The number of hydrogen-bond acceptors (Lipinski definition) is 5. The van der Waals surface area contributed by atoms with E-state index in [0.717, 1.165) is 37.4 Å². The predicted molar refractivity (Wildman–Crippen MR) is 115 cm³/mol. The van der Waals surface area contributed by atoms with E-state index in [2.05, 4.69) is 33.0 Å². The Morgan fingerprint density at radius 3 is 2.31 bits per heavy atom. The van der Waals surface area contributed by atoms with Crippen molar-refractivity contribution in [3.63, 3.8) is 0 Å². The van der Waals surface area contributed by atoms with Crippen molar-refractivity contribution in [2.75, 3.05) is 44.7 Å². The molecule has 0 saturated carbocycles. The molecule has 0 unspecified atom stereocenters. The first-order chi connectivity index (χ1) is 13.9. The van der Waals surface area contributed by atoms with E-state index in [-0.39, 0.29) is 10.8 Å². The number of piperazine rings is 1. The Bertz CT molecular complexity index is 937. The molecule has 8 heteroatoms. The summed E-state index contributed by atoms with van der Waals surface area (Å²) in [7, 11) is -1.40. The van der Waals surface area contributed by atoms with Crippen LogP contribution >= 0.6 is 0 Å². The molecule has 0 bridgehead atoms. The third kappa shape index (κ3) is 5.35. The first-order valence-corrected chi connectivity index (χ1v) is 11.3. The molecule has 1 amide bonds. The van der Waals surface area contributed by atoms with Gasteiger partial charge in [0.1, 0.15) is 0 Å². The Kier molecular flexibility index (Phi) is 6.89. The molecular weight excluding hydrogens is 388 g/mol. The topological polar surface area (TPSA) is 81.7 Å². The van der Waals surface area contributed by atoms with E-state index in [1.165, 1.54) is 24.3 Å². The number of para-hydroxylation sites is 1. The highest BCUT2D eigenvalue weighted by molar-refractivity contribution is 7.89. The lowest BCUT2D eigenvalue weighted by molar-refractivity contribution is 0.0951. The molecule has 2 aromatic rings. The van der Waals surface area contributed by atoms with E-state index >= 15 is 0 Å². The van der Waals surface area contributed by atoms with Crippen LogP contribution in [0.1, 0.15) is 22.8 Å². The minimum absolute atomic E-state index is 0.149. The third-order valence-corrected chi connectivity index (χ3v) is 6.60. The van der Waals surface area contributed by atoms with Gasteiger partial charge in [-0.05, 0) is 42.9 Å². The van der Waals surface area contributed by atoms with Crippen LogP contribution in [-0.2, 0) is 16.6 Å². The van der Waals surface area contributed by atoms with Gasteiger partial charge in [0.15, 0.2) is 0 Å². The van der Waals surface area contributed by atoms with Gasteiger partial charge in [0, 0.05) is 50.5 Å². The summed E-state index contributed by atoms with van der Waals surface area (Å²) in [6.45, 7) is 6.41. The van der Waals surface area contributed by atoms with E-state index in [1.54, 1.807) is 6.92 Å². The second kappa shape index (κ2) is 9.39. The van der Waals surface area contributed by atoms with E-state index in [9.17, 15) is 13.2 Å². The van der Waals surface area contributed by atoms with Crippen LogP contribution in [0.4, 0.5) is 5.69 Å². The highest BCUT2D eigenvalue weighted by Gasteiger charge is 2.17. The summed E-state index contributed by atoms with van der Waals surface area (Å²) in [5.74, 6) is -0.231. The molecule has 1 fully saturated rings. The number of anilines is 1. The van der Waals surface area contributed by atoms with Crippen LogP contribution in [0.15, 0.2) is 53.4 Å². The van der Waals surface area contributed by atoms with Gasteiger partial charge in [-0.2, -0.15) is 0 Å². The van der Waals surface area contributed by atoms with Crippen molar-refractivity contribution in [3.8, 4) is 0 Å². The molecule has 0 aromatic heterocycles. The highest BCUT2D eigenvalue weighted by atomic mass is 32.2. The van der Waals surface area contributed by atoms with E-state index < -0.39 is 10.0 Å². The average Bonchev–Trinajstić information content (AvgIpc) is 2.73. The molecule has 0 radical (unpaired) electrons. The number of hydrogen-bond donors (Lipinski definition) is 2. The van der Waals surface area contributed by atoms with Crippen LogP contribution in [0.5, 0.6) is 0 Å². The number of rotatable bonds is 7. The van der Waals surface area contributed by atoms with Crippen LogP contribution in [0.2, 0.25) is 0 Å². The summed E-state index contributed by atoms with van der Waals surface area (Å²) in [6.07, 6.45) is 0. The van der Waals surface area contributed by atoms with Gasteiger partial charge in [-0.3, -0.25) is 4.79 Å². The number of benzene rings is 2. The monoisotopic (exact) mass is 416 g/mol. The zero-order valence-electron chi connectivity index (χ0n) is 16.9. The Morgan fingerprint density at radius 1 is 1.00 bits per heavy atom. The van der Waals surface area contributed by atoms with Crippen LogP contribution in [0, 0.1) is 0 Å². The SMILES string of the molecule is CCNS(=O)(=O)c1ccc(C(=O)NCc2ccccc2N2CCN(C)CC2)cc1. The second-order valence-corrected chi connectivity index (χ2v) is 8.89. The summed E-state index contributed by atoms with van der Waals surface area (Å²) in [4.78, 5) is 17.3. The molecule has 1 heterocycles. The summed E-state index contributed by atoms with van der Waals surface area (Å²) < 4.78 is 26.5. The number of likely N-dealkylation sites (N-methyl/N-ethyl adjacent to an activating group) is 1. The van der Waals surface area contributed by atoms with Crippen molar-refractivity contribution < 1.29 is 13.2 Å². The van der Waals surface area contributed by atoms with Gasteiger partial charge < -0.3 is 15.1 Å². The summed E-state index contributed by atoms with van der Waals surface area (Å²) in [5, 5.41) is 2.95. The van der Waals surface area contributed by atoms with Crippen molar-refractivity contribution in [1.82, 2.24) is 14.9 Å². The molecule has 29 heavy (non-hydrogen) atoms. The maximum absolute atomic E-state index is 12.5. The molecule has 0 atom stereocenters. The van der Waals surface area contributed by atoms with E-state index in [1.807, 2.05) is 18.2 Å². The largest absolute Gasteiger partial charge is 0.369 e. The molecule has 2 N–H and O–H groups in total. The zero-order valence-corrected chi connectivity index (χ0v) is 17.7. The zero-order chi connectivity index (χ0) is 20.9. The lowest BCUT2D eigenvalue weighted by atomic mass is 10.1. The molecule has 0 spiro atoms. The van der Waals surface area contributed by atoms with Crippen molar-refractivity contribution in [2.45, 2.75) is 18.4 Å². The van der Waals surface area contributed by atoms with Crippen molar-refractivity contribution in [3.05, 3.63) is 59.7 Å². The Labute approximate surface area is 172 Å². The van der Waals surface area contributed by atoms with Gasteiger partial charge in [-0.1, -0.05) is 25.1 Å². The van der Waals surface area contributed by atoms with Crippen molar-refractivity contribution in [2.24, 2.45) is 0 Å². The summed E-state index contributed by atoms with van der Waals surface area (Å²) in [6, 6.07) is 14.1.